The van der Waals surface area contributed by atoms with E-state index in [-0.39, 0.29) is 24.0 Å². The molecule has 0 N–H and O–H groups in total. The van der Waals surface area contributed by atoms with Gasteiger partial charge in [-0.2, -0.15) is 0 Å². The summed E-state index contributed by atoms with van der Waals surface area (Å²) < 4.78 is 10.4. The third-order valence-electron chi connectivity index (χ3n) is 3.79. The molecule has 2 aliphatic carbocycles. The highest BCUT2D eigenvalue weighted by Gasteiger charge is 2.49. The molecular weight excluding hydrogens is 208 g/mol. The number of carbonyl (C=O) groups is 2. The van der Waals surface area contributed by atoms with Gasteiger partial charge in [-0.3, -0.25) is 9.59 Å². The first-order valence-corrected chi connectivity index (χ1v) is 5.88. The first-order valence-electron chi connectivity index (χ1n) is 5.88. The maximum Gasteiger partial charge on any atom is 0.302 e. The van der Waals surface area contributed by atoms with E-state index in [0.717, 1.165) is 12.8 Å². The van der Waals surface area contributed by atoms with Crippen LogP contribution in [-0.4, -0.2) is 24.6 Å². The van der Waals surface area contributed by atoms with E-state index in [1.54, 1.807) is 0 Å². The molecule has 2 fully saturated rings. The first-order chi connectivity index (χ1) is 7.58. The van der Waals surface area contributed by atoms with E-state index in [1.165, 1.54) is 20.3 Å². The normalized spacial score (nSPS) is 36.1. The lowest BCUT2D eigenvalue weighted by Gasteiger charge is -2.29. The van der Waals surface area contributed by atoms with Crippen molar-refractivity contribution < 1.29 is 19.1 Å². The van der Waals surface area contributed by atoms with Crippen molar-refractivity contribution in [3.8, 4) is 0 Å². The Balaban J connectivity index is 1.97. The van der Waals surface area contributed by atoms with Crippen molar-refractivity contribution in [3.05, 3.63) is 0 Å². The minimum Gasteiger partial charge on any atom is -0.465 e. The van der Waals surface area contributed by atoms with Crippen LogP contribution in [0, 0.1) is 17.8 Å². The van der Waals surface area contributed by atoms with Crippen LogP contribution in [-0.2, 0) is 19.1 Å². The summed E-state index contributed by atoms with van der Waals surface area (Å²) in [5.41, 5.74) is 0. The molecule has 2 rings (SSSR count). The van der Waals surface area contributed by atoms with E-state index in [2.05, 4.69) is 0 Å². The number of rotatable bonds is 3. The Morgan fingerprint density at radius 1 is 1.12 bits per heavy atom. The predicted octanol–water partition coefficient (Wildman–Crippen LogP) is 1.53. The van der Waals surface area contributed by atoms with E-state index < -0.39 is 0 Å². The van der Waals surface area contributed by atoms with Gasteiger partial charge in [-0.15, -0.1) is 0 Å². The van der Waals surface area contributed by atoms with Gasteiger partial charge < -0.3 is 9.47 Å². The summed E-state index contributed by atoms with van der Waals surface area (Å²) in [5.74, 6) is 0.768. The summed E-state index contributed by atoms with van der Waals surface area (Å²) in [5, 5.41) is 0. The molecule has 4 unspecified atom stereocenters. The van der Waals surface area contributed by atoms with Gasteiger partial charge in [0.15, 0.2) is 0 Å². The van der Waals surface area contributed by atoms with Crippen molar-refractivity contribution >= 4 is 11.9 Å². The lowest BCUT2D eigenvalue weighted by molar-refractivity contribution is -0.155. The van der Waals surface area contributed by atoms with Crippen LogP contribution in [0.3, 0.4) is 0 Å². The second-order valence-corrected chi connectivity index (χ2v) is 4.87. The highest BCUT2D eigenvalue weighted by molar-refractivity contribution is 5.66. The van der Waals surface area contributed by atoms with Gasteiger partial charge in [-0.25, -0.2) is 0 Å². The Bertz CT molecular complexity index is 299. The van der Waals surface area contributed by atoms with Gasteiger partial charge in [0.1, 0.15) is 6.10 Å². The molecular formula is C12H18O4. The van der Waals surface area contributed by atoms with Crippen LogP contribution in [0.2, 0.25) is 0 Å². The molecule has 2 bridgehead atoms. The number of fused-ring (bicyclic) bond motifs is 2. The van der Waals surface area contributed by atoms with Crippen LogP contribution in [0.5, 0.6) is 0 Å². The summed E-state index contributed by atoms with van der Waals surface area (Å²) in [6.07, 6.45) is 3.40. The topological polar surface area (TPSA) is 52.6 Å². The SMILES string of the molecule is CC(=O)OCC1C2CCC(C2)C1OC(C)=O. The molecule has 0 aromatic heterocycles. The molecule has 0 aromatic rings. The predicted molar refractivity (Wildman–Crippen MR) is 56.5 cm³/mol. The first kappa shape index (κ1) is 11.4. The molecule has 4 heteroatoms. The summed E-state index contributed by atoms with van der Waals surface area (Å²) in [7, 11) is 0. The van der Waals surface area contributed by atoms with Gasteiger partial charge in [0, 0.05) is 19.8 Å². The smallest absolute Gasteiger partial charge is 0.302 e. The second kappa shape index (κ2) is 4.44. The third-order valence-corrected chi connectivity index (χ3v) is 3.79. The van der Waals surface area contributed by atoms with Crippen LogP contribution in [0.1, 0.15) is 33.1 Å². The Labute approximate surface area is 95.3 Å². The number of esters is 2. The van der Waals surface area contributed by atoms with Crippen LogP contribution in [0.4, 0.5) is 0 Å². The molecule has 16 heavy (non-hydrogen) atoms. The molecule has 0 spiro atoms. The maximum atomic E-state index is 11.0. The van der Waals surface area contributed by atoms with Gasteiger partial charge in [0.05, 0.1) is 6.61 Å². The molecule has 0 saturated heterocycles. The maximum absolute atomic E-state index is 11.0. The highest BCUT2D eigenvalue weighted by atomic mass is 16.6. The quantitative estimate of drug-likeness (QED) is 0.685. The monoisotopic (exact) mass is 226 g/mol. The summed E-state index contributed by atoms with van der Waals surface area (Å²) in [6, 6.07) is 0. The zero-order valence-electron chi connectivity index (χ0n) is 9.77. The summed E-state index contributed by atoms with van der Waals surface area (Å²) in [4.78, 5) is 21.8. The minimum absolute atomic E-state index is 0.0319. The zero-order valence-corrected chi connectivity index (χ0v) is 9.77. The molecule has 2 saturated carbocycles. The molecule has 0 radical (unpaired) electrons. The Morgan fingerprint density at radius 2 is 1.81 bits per heavy atom. The lowest BCUT2D eigenvalue weighted by Crippen LogP contribution is -2.35. The van der Waals surface area contributed by atoms with Gasteiger partial charge in [-0.1, -0.05) is 0 Å². The fourth-order valence-corrected chi connectivity index (χ4v) is 3.18. The zero-order chi connectivity index (χ0) is 11.7. The Hall–Kier alpha value is -1.06. The van der Waals surface area contributed by atoms with E-state index in [0.29, 0.717) is 18.4 Å². The molecule has 2 aliphatic rings. The van der Waals surface area contributed by atoms with Crippen molar-refractivity contribution in [3.63, 3.8) is 0 Å². The fourth-order valence-electron chi connectivity index (χ4n) is 3.18. The van der Waals surface area contributed by atoms with E-state index in [9.17, 15) is 9.59 Å². The molecule has 90 valence electrons. The van der Waals surface area contributed by atoms with Crippen LogP contribution >= 0.6 is 0 Å². The summed E-state index contributed by atoms with van der Waals surface area (Å²) in [6.45, 7) is 3.25. The Morgan fingerprint density at radius 3 is 2.44 bits per heavy atom. The van der Waals surface area contributed by atoms with E-state index >= 15 is 0 Å². The molecule has 0 aromatic carbocycles. The van der Waals surface area contributed by atoms with Crippen LogP contribution < -0.4 is 0 Å². The van der Waals surface area contributed by atoms with Crippen molar-refractivity contribution in [2.45, 2.75) is 39.2 Å². The molecule has 4 atom stereocenters. The molecule has 4 nitrogen and oxygen atoms in total. The van der Waals surface area contributed by atoms with Gasteiger partial charge in [0.2, 0.25) is 0 Å². The van der Waals surface area contributed by atoms with E-state index in [4.69, 9.17) is 9.47 Å². The van der Waals surface area contributed by atoms with E-state index in [1.807, 2.05) is 0 Å². The van der Waals surface area contributed by atoms with Crippen molar-refractivity contribution in [1.82, 2.24) is 0 Å². The molecule has 0 amide bonds. The third kappa shape index (κ3) is 2.20. The average Bonchev–Trinajstić information content (AvgIpc) is 2.74. The lowest BCUT2D eigenvalue weighted by atomic mass is 9.87. The Kier molecular flexibility index (Phi) is 3.17. The highest BCUT2D eigenvalue weighted by Crippen LogP contribution is 2.49. The average molecular weight is 226 g/mol. The number of ether oxygens (including phenoxy) is 2. The van der Waals surface area contributed by atoms with Crippen LogP contribution in [0.25, 0.3) is 0 Å². The molecule has 0 aliphatic heterocycles. The summed E-state index contributed by atoms with van der Waals surface area (Å²) >= 11 is 0. The standard InChI is InChI=1S/C12H18O4/c1-7(13)15-6-11-9-3-4-10(5-9)12(11)16-8(2)14/h9-12H,3-6H2,1-2H3. The number of hydrogen-bond acceptors (Lipinski definition) is 4. The second-order valence-electron chi connectivity index (χ2n) is 4.87. The fraction of sp³-hybridized carbons (Fsp3) is 0.833. The van der Waals surface area contributed by atoms with Gasteiger partial charge in [-0.05, 0) is 31.1 Å². The number of carbonyl (C=O) groups excluding carboxylic acids is 2. The number of hydrogen-bond donors (Lipinski definition) is 0. The van der Waals surface area contributed by atoms with Crippen molar-refractivity contribution in [2.75, 3.05) is 6.61 Å². The van der Waals surface area contributed by atoms with Crippen molar-refractivity contribution in [1.29, 1.82) is 0 Å². The largest absolute Gasteiger partial charge is 0.465 e. The molecule has 0 heterocycles. The van der Waals surface area contributed by atoms with Gasteiger partial charge in [0.25, 0.3) is 0 Å². The van der Waals surface area contributed by atoms with Gasteiger partial charge >= 0.3 is 11.9 Å². The van der Waals surface area contributed by atoms with Crippen molar-refractivity contribution in [2.24, 2.45) is 17.8 Å². The van der Waals surface area contributed by atoms with Crippen LogP contribution in [0.15, 0.2) is 0 Å². The minimum atomic E-state index is -0.260.